The number of hydrogen-bond acceptors (Lipinski definition) is 7. The predicted molar refractivity (Wildman–Crippen MR) is 112 cm³/mol. The lowest BCUT2D eigenvalue weighted by molar-refractivity contribution is 0.0993. The Morgan fingerprint density at radius 3 is 2.54 bits per heavy atom. The van der Waals surface area contributed by atoms with Gasteiger partial charge in [0, 0.05) is 21.3 Å². The molecule has 0 saturated carbocycles. The minimum Gasteiger partial charge on any atom is -0.411 e. The average Bonchev–Trinajstić information content (AvgIpc) is 3.09. The molecule has 0 aliphatic rings. The van der Waals surface area contributed by atoms with E-state index >= 15 is 0 Å². The zero-order chi connectivity index (χ0) is 20.3. The molecule has 7 nitrogen and oxygen atoms in total. The van der Waals surface area contributed by atoms with Gasteiger partial charge in [-0.1, -0.05) is 33.8 Å². The van der Waals surface area contributed by atoms with E-state index in [-0.39, 0.29) is 5.78 Å². The van der Waals surface area contributed by atoms with E-state index < -0.39 is 15.3 Å². The van der Waals surface area contributed by atoms with Crippen LogP contribution in [0.5, 0.6) is 0 Å². The van der Waals surface area contributed by atoms with E-state index in [0.29, 0.717) is 22.4 Å². The maximum absolute atomic E-state index is 12.6. The number of rotatable bonds is 7. The third kappa shape index (κ3) is 5.43. The van der Waals surface area contributed by atoms with Gasteiger partial charge >= 0.3 is 0 Å². The van der Waals surface area contributed by atoms with Crippen molar-refractivity contribution in [2.24, 2.45) is 0 Å². The monoisotopic (exact) mass is 481 g/mol. The van der Waals surface area contributed by atoms with Crippen molar-refractivity contribution in [1.29, 1.82) is 0 Å². The van der Waals surface area contributed by atoms with Crippen LogP contribution in [0.1, 0.15) is 17.3 Å². The number of aromatic nitrogens is 2. The Morgan fingerprint density at radius 1 is 1.18 bits per heavy atom. The molecule has 0 fully saturated rings. The minimum atomic E-state index is -3.36. The van der Waals surface area contributed by atoms with E-state index in [1.54, 1.807) is 31.2 Å². The fourth-order valence-corrected chi connectivity index (χ4v) is 4.08. The summed E-state index contributed by atoms with van der Waals surface area (Å²) in [6.45, 7) is 1.75. The highest BCUT2D eigenvalue weighted by Crippen LogP contribution is 2.29. The molecule has 3 aromatic rings. The first kappa shape index (κ1) is 20.6. The van der Waals surface area contributed by atoms with E-state index in [1.807, 2.05) is 24.3 Å². The van der Waals surface area contributed by atoms with E-state index in [2.05, 4.69) is 30.8 Å². The number of nitrogens with zero attached hydrogens (tertiary/aromatic N) is 2. The maximum Gasteiger partial charge on any atom is 0.277 e. The molecule has 3 rings (SSSR count). The number of hydrogen-bond donors (Lipinski definition) is 1. The van der Waals surface area contributed by atoms with Gasteiger partial charge < -0.3 is 4.42 Å². The van der Waals surface area contributed by atoms with Crippen molar-refractivity contribution in [3.05, 3.63) is 58.6 Å². The maximum atomic E-state index is 12.6. The summed E-state index contributed by atoms with van der Waals surface area (Å²) in [4.78, 5) is 12.6. The van der Waals surface area contributed by atoms with Gasteiger partial charge in [0.25, 0.3) is 5.22 Å². The van der Waals surface area contributed by atoms with Crippen LogP contribution in [0.15, 0.2) is 62.6 Å². The second-order valence-electron chi connectivity index (χ2n) is 5.96. The average molecular weight is 482 g/mol. The van der Waals surface area contributed by atoms with Crippen molar-refractivity contribution in [2.75, 3.05) is 11.0 Å². The molecule has 0 radical (unpaired) electrons. The van der Waals surface area contributed by atoms with Crippen molar-refractivity contribution in [1.82, 2.24) is 10.2 Å². The zero-order valence-electron chi connectivity index (χ0n) is 14.9. The summed E-state index contributed by atoms with van der Waals surface area (Å²) >= 11 is 4.56. The van der Waals surface area contributed by atoms with Crippen LogP contribution < -0.4 is 4.72 Å². The normalized spacial score (nSPS) is 12.5. The van der Waals surface area contributed by atoms with Crippen LogP contribution in [0.25, 0.3) is 11.5 Å². The number of halogens is 1. The number of benzene rings is 2. The zero-order valence-corrected chi connectivity index (χ0v) is 18.1. The second kappa shape index (κ2) is 8.46. The Kier molecular flexibility index (Phi) is 6.21. The molecule has 0 saturated heterocycles. The third-order valence-electron chi connectivity index (χ3n) is 3.60. The van der Waals surface area contributed by atoms with Crippen LogP contribution in [-0.4, -0.2) is 35.9 Å². The molecule has 0 amide bonds. The number of anilines is 1. The standard InChI is InChI=1S/C18H16BrN3O4S2/c1-11(16(23)12-6-8-15(9-7-12)22-28(2,24)25)27-18-21-20-17(26-18)13-4-3-5-14(19)10-13/h3-11,22H,1-2H3. The first-order valence-electron chi connectivity index (χ1n) is 8.09. The van der Waals surface area contributed by atoms with Crippen molar-refractivity contribution in [2.45, 2.75) is 17.4 Å². The number of nitrogens with one attached hydrogen (secondary N) is 1. The molecule has 1 unspecified atom stereocenters. The van der Waals surface area contributed by atoms with Gasteiger partial charge in [0.2, 0.25) is 15.9 Å². The van der Waals surface area contributed by atoms with Gasteiger partial charge in [0.15, 0.2) is 5.78 Å². The molecule has 1 heterocycles. The Morgan fingerprint density at radius 2 is 1.89 bits per heavy atom. The van der Waals surface area contributed by atoms with Gasteiger partial charge in [-0.15, -0.1) is 10.2 Å². The number of ketones is 1. The third-order valence-corrected chi connectivity index (χ3v) is 5.63. The van der Waals surface area contributed by atoms with Gasteiger partial charge in [-0.3, -0.25) is 9.52 Å². The van der Waals surface area contributed by atoms with Gasteiger partial charge in [-0.2, -0.15) is 0 Å². The lowest BCUT2D eigenvalue weighted by atomic mass is 10.1. The highest BCUT2D eigenvalue weighted by atomic mass is 79.9. The Labute approximate surface area is 175 Å². The predicted octanol–water partition coefficient (Wildman–Crippen LogP) is 4.23. The van der Waals surface area contributed by atoms with Crippen LogP contribution in [0.3, 0.4) is 0 Å². The number of carbonyl (C=O) groups excluding carboxylic acids is 1. The molecule has 1 N–H and O–H groups in total. The van der Waals surface area contributed by atoms with Crippen molar-refractivity contribution in [3.63, 3.8) is 0 Å². The lowest BCUT2D eigenvalue weighted by Crippen LogP contribution is -2.14. The Bertz CT molecular complexity index is 1100. The van der Waals surface area contributed by atoms with E-state index in [4.69, 9.17) is 4.42 Å². The summed E-state index contributed by atoms with van der Waals surface area (Å²) in [5.41, 5.74) is 1.64. The van der Waals surface area contributed by atoms with E-state index in [9.17, 15) is 13.2 Å². The minimum absolute atomic E-state index is 0.127. The quantitative estimate of drug-likeness (QED) is 0.397. The van der Waals surface area contributed by atoms with Crippen molar-refractivity contribution in [3.8, 4) is 11.5 Å². The summed E-state index contributed by atoms with van der Waals surface area (Å²) in [6.07, 6.45) is 1.07. The first-order valence-corrected chi connectivity index (χ1v) is 11.7. The molecule has 146 valence electrons. The van der Waals surface area contributed by atoms with Crippen LogP contribution in [0, 0.1) is 0 Å². The molecule has 0 aliphatic carbocycles. The fourth-order valence-electron chi connectivity index (χ4n) is 2.35. The van der Waals surface area contributed by atoms with Crippen LogP contribution in [0.4, 0.5) is 5.69 Å². The molecule has 28 heavy (non-hydrogen) atoms. The van der Waals surface area contributed by atoms with Gasteiger partial charge in [0.05, 0.1) is 11.5 Å². The number of carbonyl (C=O) groups is 1. The Balaban J connectivity index is 1.67. The smallest absolute Gasteiger partial charge is 0.277 e. The van der Waals surface area contributed by atoms with Crippen LogP contribution in [-0.2, 0) is 10.0 Å². The lowest BCUT2D eigenvalue weighted by Gasteiger charge is -2.09. The van der Waals surface area contributed by atoms with Crippen LogP contribution >= 0.6 is 27.7 Å². The van der Waals surface area contributed by atoms with Crippen molar-refractivity contribution < 1.29 is 17.6 Å². The molecule has 0 bridgehead atoms. The summed E-state index contributed by atoms with van der Waals surface area (Å²) in [5.74, 6) is 0.248. The molecule has 0 spiro atoms. The largest absolute Gasteiger partial charge is 0.411 e. The SMILES string of the molecule is CC(Sc1nnc(-c2cccc(Br)c2)o1)C(=O)c1ccc(NS(C)(=O)=O)cc1. The summed E-state index contributed by atoms with van der Waals surface area (Å²) in [6, 6.07) is 13.7. The Hall–Kier alpha value is -2.17. The number of sulfonamides is 1. The van der Waals surface area contributed by atoms with Gasteiger partial charge in [-0.05, 0) is 49.4 Å². The highest BCUT2D eigenvalue weighted by molar-refractivity contribution is 9.10. The number of Topliss-reactive ketones (excluding diaryl/α,β-unsaturated/α-hetero) is 1. The van der Waals surface area contributed by atoms with E-state index in [1.165, 1.54) is 11.8 Å². The van der Waals surface area contributed by atoms with Gasteiger partial charge in [-0.25, -0.2) is 8.42 Å². The molecule has 1 aromatic heterocycles. The summed E-state index contributed by atoms with van der Waals surface area (Å²) < 4.78 is 31.4. The molecule has 10 heteroatoms. The van der Waals surface area contributed by atoms with Crippen LogP contribution in [0.2, 0.25) is 0 Å². The summed E-state index contributed by atoms with van der Waals surface area (Å²) in [5, 5.41) is 7.86. The summed E-state index contributed by atoms with van der Waals surface area (Å²) in [7, 11) is -3.36. The molecular weight excluding hydrogens is 466 g/mol. The first-order chi connectivity index (χ1) is 13.2. The second-order valence-corrected chi connectivity index (χ2v) is 9.92. The highest BCUT2D eigenvalue weighted by Gasteiger charge is 2.20. The van der Waals surface area contributed by atoms with Crippen molar-refractivity contribution >= 4 is 49.2 Å². The number of thioether (sulfide) groups is 1. The van der Waals surface area contributed by atoms with Gasteiger partial charge in [0.1, 0.15) is 0 Å². The molecule has 1 atom stereocenters. The topological polar surface area (TPSA) is 102 Å². The fraction of sp³-hybridized carbons (Fsp3) is 0.167. The molecule has 2 aromatic carbocycles. The molecular formula is C18H16BrN3O4S2. The van der Waals surface area contributed by atoms with E-state index in [0.717, 1.165) is 16.3 Å². The molecule has 0 aliphatic heterocycles.